The Morgan fingerprint density at radius 2 is 1.76 bits per heavy atom. The minimum Gasteiger partial charge on any atom is -0.456 e. The number of halogens is 2. The highest BCUT2D eigenvalue weighted by atomic mass is 19.1. The summed E-state index contributed by atoms with van der Waals surface area (Å²) in [6, 6.07) is 7.05. The van der Waals surface area contributed by atoms with Crippen LogP contribution in [0.15, 0.2) is 45.7 Å². The predicted molar refractivity (Wildman–Crippen MR) is 154 cm³/mol. The normalized spacial score (nSPS) is 12.0. The van der Waals surface area contributed by atoms with Gasteiger partial charge in [-0.2, -0.15) is 0 Å². The first-order valence-electron chi connectivity index (χ1n) is 13.5. The lowest BCUT2D eigenvalue weighted by atomic mass is 9.93. The average molecular weight is 562 g/mol. The zero-order valence-electron chi connectivity index (χ0n) is 24.2. The minimum absolute atomic E-state index is 0.0364. The molecule has 0 aliphatic rings. The summed E-state index contributed by atoms with van der Waals surface area (Å²) in [5.74, 6) is 0.566. The van der Waals surface area contributed by atoms with Gasteiger partial charge in [-0.05, 0) is 76.4 Å². The van der Waals surface area contributed by atoms with Gasteiger partial charge >= 0.3 is 0 Å². The van der Waals surface area contributed by atoms with E-state index in [0.29, 0.717) is 44.8 Å². The lowest BCUT2D eigenvalue weighted by Gasteiger charge is -2.22. The molecule has 0 spiro atoms. The van der Waals surface area contributed by atoms with Gasteiger partial charge in [0.25, 0.3) is 5.56 Å². The summed E-state index contributed by atoms with van der Waals surface area (Å²) < 4.78 is 43.5. The standard InChI is InChI=1S/C32H33F2N3O4/c1-8-9-25-28(36-18(4)35-25)27-13-21-30(41-27)22(15-37(7)31(21)38)20-12-23(32(5,6)39)24(34)14-26(20)40-29-16(2)10-19(33)11-17(29)3/h10-15,39H,8-9H2,1-7H3,(H,35,36). The Kier molecular flexibility index (Phi) is 7.11. The highest BCUT2D eigenvalue weighted by Gasteiger charge is 2.27. The number of aryl methyl sites for hydroxylation is 5. The molecule has 7 nitrogen and oxygen atoms in total. The van der Waals surface area contributed by atoms with E-state index in [1.165, 1.54) is 42.7 Å². The second-order valence-corrected chi connectivity index (χ2v) is 11.1. The van der Waals surface area contributed by atoms with Crippen LogP contribution in [-0.2, 0) is 19.1 Å². The van der Waals surface area contributed by atoms with Crippen molar-refractivity contribution in [2.24, 2.45) is 7.05 Å². The zero-order chi connectivity index (χ0) is 29.8. The summed E-state index contributed by atoms with van der Waals surface area (Å²) in [5.41, 5.74) is 1.95. The number of H-pyrrole nitrogens is 1. The average Bonchev–Trinajstić information content (AvgIpc) is 3.47. The van der Waals surface area contributed by atoms with Gasteiger partial charge in [0, 0.05) is 41.7 Å². The second-order valence-electron chi connectivity index (χ2n) is 11.1. The lowest BCUT2D eigenvalue weighted by Crippen LogP contribution is -2.18. The molecule has 0 fully saturated rings. The van der Waals surface area contributed by atoms with E-state index in [9.17, 15) is 14.3 Å². The number of aromatic nitrogens is 3. The van der Waals surface area contributed by atoms with Crippen LogP contribution in [0.4, 0.5) is 8.78 Å². The molecule has 0 radical (unpaired) electrons. The predicted octanol–water partition coefficient (Wildman–Crippen LogP) is 7.36. The van der Waals surface area contributed by atoms with Crippen LogP contribution in [0.1, 0.15) is 55.4 Å². The van der Waals surface area contributed by atoms with Crippen molar-refractivity contribution < 1.29 is 23.0 Å². The van der Waals surface area contributed by atoms with Gasteiger partial charge in [-0.15, -0.1) is 0 Å². The fourth-order valence-electron chi connectivity index (χ4n) is 5.22. The molecule has 41 heavy (non-hydrogen) atoms. The number of aliphatic hydroxyl groups is 1. The maximum absolute atomic E-state index is 15.4. The molecule has 2 N–H and O–H groups in total. The molecule has 214 valence electrons. The number of nitrogens with one attached hydrogen (secondary N) is 1. The van der Waals surface area contributed by atoms with Crippen molar-refractivity contribution in [3.05, 3.63) is 86.7 Å². The van der Waals surface area contributed by atoms with Gasteiger partial charge in [-0.1, -0.05) is 13.3 Å². The highest BCUT2D eigenvalue weighted by Crippen LogP contribution is 2.43. The number of aromatic amines is 1. The largest absolute Gasteiger partial charge is 0.456 e. The van der Waals surface area contributed by atoms with Gasteiger partial charge in [0.1, 0.15) is 40.2 Å². The third kappa shape index (κ3) is 5.17. The molecule has 5 rings (SSSR count). The summed E-state index contributed by atoms with van der Waals surface area (Å²) >= 11 is 0. The molecule has 0 amide bonds. The van der Waals surface area contributed by atoms with Gasteiger partial charge in [0.2, 0.25) is 0 Å². The SMILES string of the molecule is CCCc1[nH]c(C)nc1-c1cc2c(=O)n(C)cc(-c3cc(C(C)(C)O)c(F)cc3Oc3c(C)cc(F)cc3C)c2o1. The van der Waals surface area contributed by atoms with Gasteiger partial charge in [-0.25, -0.2) is 13.8 Å². The number of furan rings is 1. The Morgan fingerprint density at radius 3 is 2.39 bits per heavy atom. The Labute approximate surface area is 236 Å². The van der Waals surface area contributed by atoms with Crippen LogP contribution >= 0.6 is 0 Å². The molecule has 0 saturated heterocycles. The maximum Gasteiger partial charge on any atom is 0.261 e. The summed E-state index contributed by atoms with van der Waals surface area (Å²) in [7, 11) is 1.62. The first-order chi connectivity index (χ1) is 19.3. The second kappa shape index (κ2) is 10.3. The smallest absolute Gasteiger partial charge is 0.261 e. The van der Waals surface area contributed by atoms with E-state index < -0.39 is 17.2 Å². The molecular formula is C32H33F2N3O4. The molecule has 0 bridgehead atoms. The minimum atomic E-state index is -1.52. The molecule has 0 unspecified atom stereocenters. The van der Waals surface area contributed by atoms with E-state index in [-0.39, 0.29) is 22.5 Å². The van der Waals surface area contributed by atoms with Gasteiger partial charge in [0.05, 0.1) is 11.0 Å². The van der Waals surface area contributed by atoms with Crippen LogP contribution in [0.2, 0.25) is 0 Å². The third-order valence-corrected chi connectivity index (χ3v) is 7.14. The van der Waals surface area contributed by atoms with Crippen molar-refractivity contribution in [3.8, 4) is 34.1 Å². The molecule has 0 atom stereocenters. The first kappa shape index (κ1) is 28.3. The molecule has 3 heterocycles. The van der Waals surface area contributed by atoms with E-state index >= 15 is 4.39 Å². The quantitative estimate of drug-likeness (QED) is 0.217. The van der Waals surface area contributed by atoms with E-state index in [1.807, 2.05) is 6.92 Å². The van der Waals surface area contributed by atoms with Crippen LogP contribution in [0, 0.1) is 32.4 Å². The number of fused-ring (bicyclic) bond motifs is 1. The fraction of sp³-hybridized carbons (Fsp3) is 0.312. The lowest BCUT2D eigenvalue weighted by molar-refractivity contribution is 0.0745. The maximum atomic E-state index is 15.4. The molecule has 0 saturated carbocycles. The number of nitrogens with zero attached hydrogens (tertiary/aromatic N) is 2. The Balaban J connectivity index is 1.80. The summed E-state index contributed by atoms with van der Waals surface area (Å²) in [4.78, 5) is 21.1. The number of benzene rings is 2. The molecule has 9 heteroatoms. The highest BCUT2D eigenvalue weighted by molar-refractivity contribution is 5.95. The van der Waals surface area contributed by atoms with Gasteiger partial charge < -0.3 is 23.8 Å². The van der Waals surface area contributed by atoms with Crippen molar-refractivity contribution in [1.29, 1.82) is 0 Å². The van der Waals surface area contributed by atoms with Crippen molar-refractivity contribution in [3.63, 3.8) is 0 Å². The van der Waals surface area contributed by atoms with Crippen molar-refractivity contribution in [2.45, 2.75) is 60.0 Å². The topological polar surface area (TPSA) is 93.3 Å². The molecule has 2 aromatic carbocycles. The fourth-order valence-corrected chi connectivity index (χ4v) is 5.22. The van der Waals surface area contributed by atoms with Crippen LogP contribution in [0.3, 0.4) is 0 Å². The van der Waals surface area contributed by atoms with Crippen molar-refractivity contribution in [2.75, 3.05) is 0 Å². The first-order valence-corrected chi connectivity index (χ1v) is 13.5. The van der Waals surface area contributed by atoms with Crippen molar-refractivity contribution >= 4 is 11.0 Å². The summed E-state index contributed by atoms with van der Waals surface area (Å²) in [5, 5.41) is 11.1. The van der Waals surface area contributed by atoms with Crippen LogP contribution in [0.25, 0.3) is 33.6 Å². The number of hydrogen-bond acceptors (Lipinski definition) is 5. The van der Waals surface area contributed by atoms with E-state index in [0.717, 1.165) is 24.4 Å². The Bertz CT molecular complexity index is 1830. The number of rotatable bonds is 7. The summed E-state index contributed by atoms with van der Waals surface area (Å²) in [6.45, 7) is 10.3. The van der Waals surface area contributed by atoms with E-state index in [2.05, 4.69) is 16.9 Å². The molecule has 3 aromatic heterocycles. The number of hydrogen-bond donors (Lipinski definition) is 2. The van der Waals surface area contributed by atoms with E-state index in [1.54, 1.807) is 33.2 Å². The molecule has 0 aliphatic carbocycles. The van der Waals surface area contributed by atoms with Crippen LogP contribution in [0.5, 0.6) is 11.5 Å². The summed E-state index contributed by atoms with van der Waals surface area (Å²) in [6.07, 6.45) is 3.23. The Morgan fingerprint density at radius 1 is 1.07 bits per heavy atom. The molecular weight excluding hydrogens is 528 g/mol. The zero-order valence-corrected chi connectivity index (χ0v) is 24.2. The number of ether oxygens (including phenoxy) is 1. The Hall–Kier alpha value is -4.24. The van der Waals surface area contributed by atoms with Gasteiger partial charge in [0.15, 0.2) is 5.76 Å². The van der Waals surface area contributed by atoms with E-state index in [4.69, 9.17) is 9.15 Å². The van der Waals surface area contributed by atoms with Crippen molar-refractivity contribution in [1.82, 2.24) is 14.5 Å². The number of pyridine rings is 1. The van der Waals surface area contributed by atoms with Gasteiger partial charge in [-0.3, -0.25) is 4.79 Å². The monoisotopic (exact) mass is 561 g/mol. The van der Waals surface area contributed by atoms with Crippen LogP contribution in [-0.4, -0.2) is 19.6 Å². The number of imidazole rings is 1. The van der Waals surface area contributed by atoms with Crippen LogP contribution < -0.4 is 10.3 Å². The third-order valence-electron chi connectivity index (χ3n) is 7.14. The molecule has 5 aromatic rings. The molecule has 0 aliphatic heterocycles.